The molecule has 0 aliphatic carbocycles. The lowest BCUT2D eigenvalue weighted by Crippen LogP contribution is -2.20. The van der Waals surface area contributed by atoms with E-state index >= 15 is 0 Å². The fraction of sp³-hybridized carbons (Fsp3) is 0.200. The number of benzene rings is 2. The van der Waals surface area contributed by atoms with E-state index in [-0.39, 0.29) is 0 Å². The summed E-state index contributed by atoms with van der Waals surface area (Å²) in [4.78, 5) is 0. The Morgan fingerprint density at radius 3 is 2.62 bits per heavy atom. The van der Waals surface area contributed by atoms with Crippen LogP contribution in [0.25, 0.3) is 11.3 Å². The van der Waals surface area contributed by atoms with E-state index in [4.69, 9.17) is 16.0 Å². The van der Waals surface area contributed by atoms with E-state index in [1.807, 2.05) is 67.6 Å². The van der Waals surface area contributed by atoms with Gasteiger partial charge in [-0.25, -0.2) is 0 Å². The van der Waals surface area contributed by atoms with Gasteiger partial charge in [-0.15, -0.1) is 0 Å². The third-order valence-corrected chi connectivity index (χ3v) is 4.35. The molecule has 2 aromatic carbocycles. The van der Waals surface area contributed by atoms with Crippen molar-refractivity contribution >= 4 is 11.6 Å². The Morgan fingerprint density at radius 1 is 1.08 bits per heavy atom. The second-order valence-electron chi connectivity index (χ2n) is 5.79. The summed E-state index contributed by atoms with van der Waals surface area (Å²) in [6.45, 7) is 3.00. The molecule has 0 aliphatic rings. The Kier molecular flexibility index (Phi) is 5.36. The van der Waals surface area contributed by atoms with Crippen LogP contribution in [0.15, 0.2) is 65.1 Å². The van der Waals surface area contributed by atoms with Gasteiger partial charge in [0.05, 0.1) is 12.6 Å². The summed E-state index contributed by atoms with van der Waals surface area (Å²) in [7, 11) is 0. The highest BCUT2D eigenvalue weighted by Crippen LogP contribution is 2.26. The molecule has 0 aliphatic heterocycles. The molecule has 0 saturated carbocycles. The van der Waals surface area contributed by atoms with E-state index in [1.54, 1.807) is 0 Å². The summed E-state index contributed by atoms with van der Waals surface area (Å²) >= 11 is 6.17. The molecule has 0 saturated heterocycles. The molecule has 24 heavy (non-hydrogen) atoms. The normalized spacial score (nSPS) is 12.3. The van der Waals surface area contributed by atoms with Crippen molar-refractivity contribution in [3.8, 4) is 11.3 Å². The molecule has 0 fully saturated rings. The zero-order chi connectivity index (χ0) is 16.9. The Bertz CT molecular complexity index is 798. The number of aryl methyl sites for hydroxylation is 1. The van der Waals surface area contributed by atoms with E-state index in [9.17, 15) is 5.11 Å². The Balaban J connectivity index is 1.57. The third kappa shape index (κ3) is 4.06. The monoisotopic (exact) mass is 341 g/mol. The maximum Gasteiger partial charge on any atom is 0.134 e. The number of hydrogen-bond acceptors (Lipinski definition) is 3. The van der Waals surface area contributed by atoms with E-state index < -0.39 is 6.10 Å². The highest BCUT2D eigenvalue weighted by Gasteiger charge is 2.09. The minimum Gasteiger partial charge on any atom is -0.460 e. The molecule has 3 aromatic rings. The molecule has 0 radical (unpaired) electrons. The van der Waals surface area contributed by atoms with Crippen molar-refractivity contribution in [1.82, 2.24) is 5.32 Å². The molecule has 1 heterocycles. The highest BCUT2D eigenvalue weighted by molar-refractivity contribution is 6.31. The van der Waals surface area contributed by atoms with Crippen LogP contribution in [0.1, 0.15) is 23.0 Å². The fourth-order valence-corrected chi connectivity index (χ4v) is 2.68. The van der Waals surface area contributed by atoms with Crippen LogP contribution in [0.5, 0.6) is 0 Å². The Morgan fingerprint density at radius 2 is 1.88 bits per heavy atom. The van der Waals surface area contributed by atoms with Gasteiger partial charge in [0.15, 0.2) is 0 Å². The number of furan rings is 1. The van der Waals surface area contributed by atoms with Crippen LogP contribution in [0.4, 0.5) is 0 Å². The van der Waals surface area contributed by atoms with Gasteiger partial charge in [0.2, 0.25) is 0 Å². The van der Waals surface area contributed by atoms with Crippen molar-refractivity contribution in [3.63, 3.8) is 0 Å². The quantitative estimate of drug-likeness (QED) is 0.681. The molecule has 124 valence electrons. The molecule has 1 aromatic heterocycles. The van der Waals surface area contributed by atoms with Crippen LogP contribution in [0, 0.1) is 6.92 Å². The van der Waals surface area contributed by atoms with E-state index in [1.165, 1.54) is 0 Å². The first-order chi connectivity index (χ1) is 11.6. The molecule has 2 N–H and O–H groups in total. The van der Waals surface area contributed by atoms with Gasteiger partial charge in [0.1, 0.15) is 11.5 Å². The van der Waals surface area contributed by atoms with Gasteiger partial charge in [-0.05, 0) is 36.2 Å². The van der Waals surface area contributed by atoms with Crippen LogP contribution in [-0.2, 0) is 6.54 Å². The minimum atomic E-state index is -0.531. The first-order valence-corrected chi connectivity index (χ1v) is 8.30. The summed E-state index contributed by atoms with van der Waals surface area (Å²) in [5, 5.41) is 14.1. The summed E-state index contributed by atoms with van der Waals surface area (Å²) in [5.74, 6) is 1.61. The van der Waals surface area contributed by atoms with Crippen LogP contribution >= 0.6 is 11.6 Å². The topological polar surface area (TPSA) is 45.4 Å². The molecular formula is C20H20ClNO2. The summed E-state index contributed by atoms with van der Waals surface area (Å²) in [5.41, 5.74) is 2.91. The van der Waals surface area contributed by atoms with Gasteiger partial charge in [-0.2, -0.15) is 0 Å². The molecule has 1 atom stereocenters. The average Bonchev–Trinajstić information content (AvgIpc) is 3.07. The standard InChI is InChI=1S/C20H20ClNO2/c1-14-7-8-16(11-18(14)21)20-10-9-17(24-20)12-22-13-19(23)15-5-3-2-4-6-15/h2-11,19,22-23H,12-13H2,1H3. The summed E-state index contributed by atoms with van der Waals surface area (Å²) in [6, 6.07) is 19.4. The van der Waals surface area contributed by atoms with Gasteiger partial charge in [0.25, 0.3) is 0 Å². The molecule has 3 nitrogen and oxygen atoms in total. The minimum absolute atomic E-state index is 0.469. The number of rotatable bonds is 6. The van der Waals surface area contributed by atoms with Gasteiger partial charge in [0, 0.05) is 17.1 Å². The van der Waals surface area contributed by atoms with Crippen molar-refractivity contribution < 1.29 is 9.52 Å². The largest absolute Gasteiger partial charge is 0.460 e. The van der Waals surface area contributed by atoms with Crippen molar-refractivity contribution in [2.75, 3.05) is 6.54 Å². The zero-order valence-electron chi connectivity index (χ0n) is 13.5. The van der Waals surface area contributed by atoms with E-state index in [2.05, 4.69) is 5.32 Å². The maximum absolute atomic E-state index is 10.1. The first-order valence-electron chi connectivity index (χ1n) is 7.92. The smallest absolute Gasteiger partial charge is 0.134 e. The van der Waals surface area contributed by atoms with Crippen molar-refractivity contribution in [1.29, 1.82) is 0 Å². The number of aliphatic hydroxyl groups is 1. The summed E-state index contributed by atoms with van der Waals surface area (Å²) < 4.78 is 5.85. The molecule has 0 bridgehead atoms. The van der Waals surface area contributed by atoms with Crippen LogP contribution in [0.2, 0.25) is 5.02 Å². The average molecular weight is 342 g/mol. The van der Waals surface area contributed by atoms with Gasteiger partial charge in [-0.3, -0.25) is 0 Å². The Labute approximate surface area is 146 Å². The predicted molar refractivity (Wildman–Crippen MR) is 97.0 cm³/mol. The second-order valence-corrected chi connectivity index (χ2v) is 6.19. The molecule has 3 rings (SSSR count). The number of aliphatic hydroxyl groups excluding tert-OH is 1. The van der Waals surface area contributed by atoms with Crippen LogP contribution in [0.3, 0.4) is 0 Å². The lowest BCUT2D eigenvalue weighted by Gasteiger charge is -2.11. The second kappa shape index (κ2) is 7.67. The van der Waals surface area contributed by atoms with Gasteiger partial charge >= 0.3 is 0 Å². The van der Waals surface area contributed by atoms with Crippen LogP contribution in [-0.4, -0.2) is 11.7 Å². The molecule has 0 amide bonds. The third-order valence-electron chi connectivity index (χ3n) is 3.94. The van der Waals surface area contributed by atoms with E-state index in [0.717, 1.165) is 33.2 Å². The van der Waals surface area contributed by atoms with Gasteiger partial charge < -0.3 is 14.8 Å². The van der Waals surface area contributed by atoms with E-state index in [0.29, 0.717) is 13.1 Å². The summed E-state index contributed by atoms with van der Waals surface area (Å²) in [6.07, 6.45) is -0.531. The fourth-order valence-electron chi connectivity index (χ4n) is 2.50. The Hall–Kier alpha value is -2.07. The number of halogens is 1. The predicted octanol–water partition coefficient (Wildman–Crippen LogP) is 4.73. The van der Waals surface area contributed by atoms with Crippen molar-refractivity contribution in [3.05, 3.63) is 82.6 Å². The number of hydrogen-bond donors (Lipinski definition) is 2. The molecule has 1 unspecified atom stereocenters. The number of nitrogens with one attached hydrogen (secondary N) is 1. The lowest BCUT2D eigenvalue weighted by atomic mass is 10.1. The zero-order valence-corrected chi connectivity index (χ0v) is 14.3. The maximum atomic E-state index is 10.1. The SMILES string of the molecule is Cc1ccc(-c2ccc(CNCC(O)c3ccccc3)o2)cc1Cl. The van der Waals surface area contributed by atoms with Crippen molar-refractivity contribution in [2.24, 2.45) is 0 Å². The molecule has 4 heteroatoms. The lowest BCUT2D eigenvalue weighted by molar-refractivity contribution is 0.173. The van der Waals surface area contributed by atoms with Crippen LogP contribution < -0.4 is 5.32 Å². The van der Waals surface area contributed by atoms with Gasteiger partial charge in [-0.1, -0.05) is 54.1 Å². The molecule has 0 spiro atoms. The highest BCUT2D eigenvalue weighted by atomic mass is 35.5. The van der Waals surface area contributed by atoms with Crippen molar-refractivity contribution in [2.45, 2.75) is 19.6 Å². The molecular weight excluding hydrogens is 322 g/mol. The first kappa shape index (κ1) is 16.8.